The zero-order valence-electron chi connectivity index (χ0n) is 14.7. The minimum Gasteiger partial charge on any atom is -0.497 e. The Kier molecular flexibility index (Phi) is 6.94. The highest BCUT2D eigenvalue weighted by Gasteiger charge is 2.17. The molecule has 0 aliphatic carbocycles. The maximum absolute atomic E-state index is 6.05. The lowest BCUT2D eigenvalue weighted by atomic mass is 9.91. The van der Waals surface area contributed by atoms with Gasteiger partial charge in [0.1, 0.15) is 5.75 Å². The number of hydrogen-bond donors (Lipinski definition) is 1. The van der Waals surface area contributed by atoms with Crippen molar-refractivity contribution in [1.82, 2.24) is 0 Å². The summed E-state index contributed by atoms with van der Waals surface area (Å²) in [7, 11) is 1.68. The van der Waals surface area contributed by atoms with Crippen LogP contribution in [-0.4, -0.2) is 26.9 Å². The highest BCUT2D eigenvalue weighted by atomic mass is 16.5. The van der Waals surface area contributed by atoms with E-state index in [1.165, 1.54) is 5.56 Å². The van der Waals surface area contributed by atoms with Crippen molar-refractivity contribution in [1.29, 1.82) is 0 Å². The monoisotopic (exact) mass is 329 g/mol. The van der Waals surface area contributed by atoms with Crippen molar-refractivity contribution in [2.45, 2.75) is 26.2 Å². The minimum atomic E-state index is 0.191. The number of methoxy groups -OCH3 is 1. The Morgan fingerprint density at radius 1 is 1.00 bits per heavy atom. The van der Waals surface area contributed by atoms with E-state index >= 15 is 0 Å². The molecule has 0 aromatic heterocycles. The summed E-state index contributed by atoms with van der Waals surface area (Å²) in [5.74, 6) is 2.65. The van der Waals surface area contributed by atoms with E-state index in [1.54, 1.807) is 7.11 Å². The third kappa shape index (κ3) is 4.42. The Morgan fingerprint density at radius 3 is 2.42 bits per heavy atom. The maximum atomic E-state index is 6.05. The van der Waals surface area contributed by atoms with E-state index in [1.807, 2.05) is 44.2 Å². The molecule has 0 bridgehead atoms. The molecule has 24 heavy (non-hydrogen) atoms. The second-order valence-corrected chi connectivity index (χ2v) is 5.52. The fourth-order valence-corrected chi connectivity index (χ4v) is 2.80. The summed E-state index contributed by atoms with van der Waals surface area (Å²) in [6.45, 7) is 5.72. The van der Waals surface area contributed by atoms with Crippen LogP contribution in [0.25, 0.3) is 0 Å². The van der Waals surface area contributed by atoms with Crippen LogP contribution in [0.4, 0.5) is 0 Å². The van der Waals surface area contributed by atoms with Gasteiger partial charge in [0.25, 0.3) is 0 Å². The van der Waals surface area contributed by atoms with Gasteiger partial charge in [-0.3, -0.25) is 0 Å². The van der Waals surface area contributed by atoms with Gasteiger partial charge in [-0.2, -0.15) is 0 Å². The smallest absolute Gasteiger partial charge is 0.164 e. The lowest BCUT2D eigenvalue weighted by molar-refractivity contribution is 0.285. The average molecular weight is 329 g/mol. The zero-order chi connectivity index (χ0) is 17.4. The Morgan fingerprint density at radius 2 is 1.75 bits per heavy atom. The Balaban J connectivity index is 2.31. The van der Waals surface area contributed by atoms with Crippen molar-refractivity contribution in [3.8, 4) is 17.2 Å². The van der Waals surface area contributed by atoms with Gasteiger partial charge in [-0.25, -0.2) is 0 Å². The van der Waals surface area contributed by atoms with Crippen LogP contribution in [-0.2, 0) is 6.42 Å². The van der Waals surface area contributed by atoms with Gasteiger partial charge in [0.15, 0.2) is 11.5 Å². The summed E-state index contributed by atoms with van der Waals surface area (Å²) in [5, 5.41) is 0. The first-order chi connectivity index (χ1) is 11.7. The predicted molar refractivity (Wildman–Crippen MR) is 97.3 cm³/mol. The molecule has 4 heteroatoms. The van der Waals surface area contributed by atoms with Gasteiger partial charge in [-0.15, -0.1) is 0 Å². The lowest BCUT2D eigenvalue weighted by Gasteiger charge is -2.20. The number of benzene rings is 2. The molecule has 0 amide bonds. The first-order valence-corrected chi connectivity index (χ1v) is 8.44. The van der Waals surface area contributed by atoms with Gasteiger partial charge < -0.3 is 19.9 Å². The zero-order valence-corrected chi connectivity index (χ0v) is 14.7. The van der Waals surface area contributed by atoms with Crippen molar-refractivity contribution in [2.75, 3.05) is 26.9 Å². The Labute approximate surface area is 144 Å². The molecular weight excluding hydrogens is 302 g/mol. The molecule has 0 spiro atoms. The third-order valence-corrected chi connectivity index (χ3v) is 3.96. The van der Waals surface area contributed by atoms with E-state index in [-0.39, 0.29) is 5.92 Å². The first kappa shape index (κ1) is 18.1. The lowest BCUT2D eigenvalue weighted by Crippen LogP contribution is -2.16. The molecule has 2 aromatic rings. The molecule has 2 rings (SSSR count). The number of para-hydroxylation sites is 1. The third-order valence-electron chi connectivity index (χ3n) is 3.96. The van der Waals surface area contributed by atoms with Gasteiger partial charge in [0, 0.05) is 5.92 Å². The fraction of sp³-hybridized carbons (Fsp3) is 0.400. The second-order valence-electron chi connectivity index (χ2n) is 5.52. The number of ether oxygens (including phenoxy) is 3. The topological polar surface area (TPSA) is 53.7 Å². The van der Waals surface area contributed by atoms with Crippen LogP contribution in [0.2, 0.25) is 0 Å². The van der Waals surface area contributed by atoms with E-state index in [0.29, 0.717) is 19.8 Å². The second kappa shape index (κ2) is 9.18. The first-order valence-electron chi connectivity index (χ1n) is 8.44. The van der Waals surface area contributed by atoms with Crippen molar-refractivity contribution >= 4 is 0 Å². The summed E-state index contributed by atoms with van der Waals surface area (Å²) >= 11 is 0. The van der Waals surface area contributed by atoms with Gasteiger partial charge in [0.2, 0.25) is 0 Å². The van der Waals surface area contributed by atoms with Crippen LogP contribution in [0.5, 0.6) is 17.2 Å². The van der Waals surface area contributed by atoms with E-state index < -0.39 is 0 Å². The van der Waals surface area contributed by atoms with Crippen molar-refractivity contribution in [3.05, 3.63) is 53.6 Å². The number of hydrogen-bond acceptors (Lipinski definition) is 4. The van der Waals surface area contributed by atoms with Gasteiger partial charge in [0.05, 0.1) is 20.3 Å². The molecule has 2 aromatic carbocycles. The minimum absolute atomic E-state index is 0.191. The SMILES string of the molecule is CCOc1cccc(CC(CN)c2cccc(OC)c2)c1OCC. The number of rotatable bonds is 9. The molecular formula is C20H27NO3. The maximum Gasteiger partial charge on any atom is 0.164 e. The molecule has 2 N–H and O–H groups in total. The molecule has 0 saturated heterocycles. The van der Waals surface area contributed by atoms with Crippen LogP contribution < -0.4 is 19.9 Å². The fourth-order valence-electron chi connectivity index (χ4n) is 2.80. The molecule has 1 unspecified atom stereocenters. The van der Waals surface area contributed by atoms with Crippen molar-refractivity contribution in [2.24, 2.45) is 5.73 Å². The quantitative estimate of drug-likeness (QED) is 0.761. The van der Waals surface area contributed by atoms with Crippen LogP contribution >= 0.6 is 0 Å². The Hall–Kier alpha value is -2.20. The van der Waals surface area contributed by atoms with Crippen molar-refractivity contribution < 1.29 is 14.2 Å². The summed E-state index contributed by atoms with van der Waals surface area (Å²) in [4.78, 5) is 0. The molecule has 0 aliphatic rings. The molecule has 130 valence electrons. The van der Waals surface area contributed by atoms with Crippen LogP contribution in [0.3, 0.4) is 0 Å². The average Bonchev–Trinajstić information content (AvgIpc) is 2.62. The van der Waals surface area contributed by atoms with Gasteiger partial charge in [-0.1, -0.05) is 24.3 Å². The van der Waals surface area contributed by atoms with E-state index in [0.717, 1.165) is 29.2 Å². The molecule has 4 nitrogen and oxygen atoms in total. The van der Waals surface area contributed by atoms with Gasteiger partial charge in [-0.05, 0) is 56.1 Å². The highest BCUT2D eigenvalue weighted by molar-refractivity contribution is 5.47. The van der Waals surface area contributed by atoms with Crippen LogP contribution in [0.15, 0.2) is 42.5 Å². The van der Waals surface area contributed by atoms with Crippen LogP contribution in [0, 0.1) is 0 Å². The summed E-state index contributed by atoms with van der Waals surface area (Å²) in [5.41, 5.74) is 8.33. The molecule has 0 fully saturated rings. The van der Waals surface area contributed by atoms with Crippen LogP contribution in [0.1, 0.15) is 30.9 Å². The number of nitrogens with two attached hydrogens (primary N) is 1. The molecule has 0 saturated carbocycles. The summed E-state index contributed by atoms with van der Waals surface area (Å²) in [6.07, 6.45) is 0.792. The predicted octanol–water partition coefficient (Wildman–Crippen LogP) is 3.78. The molecule has 1 atom stereocenters. The van der Waals surface area contributed by atoms with E-state index in [2.05, 4.69) is 12.1 Å². The largest absolute Gasteiger partial charge is 0.497 e. The molecule has 0 heterocycles. The molecule has 0 radical (unpaired) electrons. The Bertz CT molecular complexity index is 643. The van der Waals surface area contributed by atoms with E-state index in [4.69, 9.17) is 19.9 Å². The van der Waals surface area contributed by atoms with Crippen molar-refractivity contribution in [3.63, 3.8) is 0 Å². The molecule has 0 aliphatic heterocycles. The van der Waals surface area contributed by atoms with E-state index in [9.17, 15) is 0 Å². The standard InChI is InChI=1S/C20H27NO3/c1-4-23-19-11-7-9-16(20(19)24-5-2)12-17(14-21)15-8-6-10-18(13-15)22-3/h6-11,13,17H,4-5,12,14,21H2,1-3H3. The summed E-state index contributed by atoms with van der Waals surface area (Å²) < 4.78 is 16.9. The van der Waals surface area contributed by atoms with Gasteiger partial charge >= 0.3 is 0 Å². The normalized spacial score (nSPS) is 11.8. The highest BCUT2D eigenvalue weighted by Crippen LogP contribution is 2.35. The summed E-state index contributed by atoms with van der Waals surface area (Å²) in [6, 6.07) is 14.1.